The summed E-state index contributed by atoms with van der Waals surface area (Å²) in [6.07, 6.45) is 3.18. The van der Waals surface area contributed by atoms with E-state index in [2.05, 4.69) is 25.1 Å². The fraction of sp³-hybridized carbons (Fsp3) is 0.0500. The molecule has 3 aromatic heterocycles. The molecule has 5 aromatic rings. The molecule has 9 nitrogen and oxygen atoms in total. The van der Waals surface area contributed by atoms with Crippen LogP contribution in [-0.2, 0) is 0 Å². The molecule has 0 unspecified atom stereocenters. The maximum Gasteiger partial charge on any atom is 0.224 e. The molecular weight excluding hydrogens is 368 g/mol. The van der Waals surface area contributed by atoms with E-state index in [0.717, 1.165) is 22.0 Å². The summed E-state index contributed by atoms with van der Waals surface area (Å²) in [7, 11) is 0. The zero-order valence-corrected chi connectivity index (χ0v) is 15.4. The van der Waals surface area contributed by atoms with Crippen LogP contribution in [0.1, 0.15) is 5.56 Å². The molecule has 0 aliphatic rings. The summed E-state index contributed by atoms with van der Waals surface area (Å²) in [5, 5.41) is 8.56. The van der Waals surface area contributed by atoms with Gasteiger partial charge in [-0.1, -0.05) is 0 Å². The van der Waals surface area contributed by atoms with E-state index in [0.29, 0.717) is 34.6 Å². The third kappa shape index (κ3) is 3.04. The van der Waals surface area contributed by atoms with Crippen molar-refractivity contribution in [1.82, 2.24) is 29.5 Å². The van der Waals surface area contributed by atoms with Crippen molar-refractivity contribution in [2.75, 3.05) is 11.5 Å². The van der Waals surface area contributed by atoms with E-state index in [4.69, 9.17) is 16.2 Å². The molecule has 0 spiro atoms. The van der Waals surface area contributed by atoms with Crippen LogP contribution in [0, 0.1) is 6.92 Å². The molecular formula is C20H16N8O. The maximum atomic E-state index is 6.12. The second-order valence-electron chi connectivity index (χ2n) is 6.61. The molecule has 2 aromatic carbocycles. The lowest BCUT2D eigenvalue weighted by Gasteiger charge is -2.10. The third-order valence-corrected chi connectivity index (χ3v) is 4.56. The van der Waals surface area contributed by atoms with E-state index in [1.54, 1.807) is 35.3 Å². The summed E-state index contributed by atoms with van der Waals surface area (Å²) >= 11 is 0. The Morgan fingerprint density at radius 2 is 1.86 bits per heavy atom. The van der Waals surface area contributed by atoms with Gasteiger partial charge in [0, 0.05) is 22.7 Å². The van der Waals surface area contributed by atoms with Crippen LogP contribution in [0.3, 0.4) is 0 Å². The van der Waals surface area contributed by atoms with Gasteiger partial charge in [0.2, 0.25) is 5.88 Å². The van der Waals surface area contributed by atoms with Crippen molar-refractivity contribution in [2.24, 2.45) is 0 Å². The lowest BCUT2D eigenvalue weighted by molar-refractivity contribution is 0.458. The number of aromatic nitrogens is 6. The highest BCUT2D eigenvalue weighted by molar-refractivity contribution is 5.91. The minimum Gasteiger partial charge on any atom is -0.439 e. The largest absolute Gasteiger partial charge is 0.439 e. The van der Waals surface area contributed by atoms with Crippen LogP contribution in [-0.4, -0.2) is 29.5 Å². The van der Waals surface area contributed by atoms with E-state index < -0.39 is 0 Å². The van der Waals surface area contributed by atoms with Crippen molar-refractivity contribution < 1.29 is 4.74 Å². The first-order chi connectivity index (χ1) is 14.1. The molecule has 29 heavy (non-hydrogen) atoms. The smallest absolute Gasteiger partial charge is 0.224 e. The standard InChI is InChI=1S/C20H16N8O/c1-11-6-12(20-25-15-4-3-13(21)7-14(15)19(22)26-20)2-5-16(11)29-18-8-17-27-24-10-28(17)9-23-18/h2-10H,21H2,1H3,(H2,22,25,26). The summed E-state index contributed by atoms with van der Waals surface area (Å²) in [6.45, 7) is 1.94. The molecule has 0 aliphatic carbocycles. The third-order valence-electron chi connectivity index (χ3n) is 4.56. The van der Waals surface area contributed by atoms with E-state index in [1.165, 1.54) is 0 Å². The van der Waals surface area contributed by atoms with Crippen molar-refractivity contribution >= 4 is 28.1 Å². The van der Waals surface area contributed by atoms with Crippen LogP contribution >= 0.6 is 0 Å². The molecule has 0 bridgehead atoms. The van der Waals surface area contributed by atoms with Crippen molar-refractivity contribution in [1.29, 1.82) is 0 Å². The highest BCUT2D eigenvalue weighted by Gasteiger charge is 2.11. The predicted molar refractivity (Wildman–Crippen MR) is 109 cm³/mol. The zero-order valence-electron chi connectivity index (χ0n) is 15.4. The number of fused-ring (bicyclic) bond motifs is 2. The van der Waals surface area contributed by atoms with Gasteiger partial charge in [-0.2, -0.15) is 0 Å². The van der Waals surface area contributed by atoms with Crippen LogP contribution in [0.2, 0.25) is 0 Å². The van der Waals surface area contributed by atoms with Gasteiger partial charge in [-0.05, 0) is 48.9 Å². The molecule has 0 amide bonds. The average molecular weight is 384 g/mol. The molecule has 0 saturated carbocycles. The molecule has 5 rings (SSSR count). The molecule has 0 fully saturated rings. The average Bonchev–Trinajstić information content (AvgIpc) is 3.18. The fourth-order valence-electron chi connectivity index (χ4n) is 3.08. The number of ether oxygens (including phenoxy) is 1. The van der Waals surface area contributed by atoms with Gasteiger partial charge in [0.25, 0.3) is 0 Å². The number of anilines is 2. The Hall–Kier alpha value is -4.27. The molecule has 9 heteroatoms. The molecule has 3 heterocycles. The number of benzene rings is 2. The number of nitrogens with two attached hydrogens (primary N) is 2. The first-order valence-electron chi connectivity index (χ1n) is 8.84. The lowest BCUT2D eigenvalue weighted by Crippen LogP contribution is -1.99. The zero-order chi connectivity index (χ0) is 20.0. The fourth-order valence-corrected chi connectivity index (χ4v) is 3.08. The first-order valence-corrected chi connectivity index (χ1v) is 8.84. The van der Waals surface area contributed by atoms with E-state index in [-0.39, 0.29) is 0 Å². The van der Waals surface area contributed by atoms with Gasteiger partial charge in [-0.3, -0.25) is 4.40 Å². The topological polar surface area (TPSA) is 130 Å². The van der Waals surface area contributed by atoms with Crippen LogP contribution < -0.4 is 16.2 Å². The number of hydrogen-bond donors (Lipinski definition) is 2. The normalized spacial score (nSPS) is 11.2. The predicted octanol–water partition coefficient (Wildman–Crippen LogP) is 3.00. The maximum absolute atomic E-state index is 6.12. The van der Waals surface area contributed by atoms with Crippen LogP contribution in [0.15, 0.2) is 55.1 Å². The molecule has 0 aliphatic heterocycles. The van der Waals surface area contributed by atoms with Gasteiger partial charge in [0.15, 0.2) is 11.5 Å². The number of nitrogen functional groups attached to an aromatic ring is 2. The number of hydrogen-bond acceptors (Lipinski definition) is 8. The number of nitrogens with zero attached hydrogens (tertiary/aromatic N) is 6. The molecule has 0 saturated heterocycles. The van der Waals surface area contributed by atoms with Crippen molar-refractivity contribution in [3.05, 3.63) is 60.7 Å². The summed E-state index contributed by atoms with van der Waals surface area (Å²) in [4.78, 5) is 13.3. The Labute approximate surface area is 165 Å². The second kappa shape index (κ2) is 6.41. The number of aryl methyl sites for hydroxylation is 1. The van der Waals surface area contributed by atoms with Crippen LogP contribution in [0.5, 0.6) is 11.6 Å². The van der Waals surface area contributed by atoms with Gasteiger partial charge in [0.05, 0.1) is 5.52 Å². The van der Waals surface area contributed by atoms with Crippen LogP contribution in [0.4, 0.5) is 11.5 Å². The molecule has 142 valence electrons. The molecule has 4 N–H and O–H groups in total. The Balaban J connectivity index is 1.49. The van der Waals surface area contributed by atoms with Crippen molar-refractivity contribution in [2.45, 2.75) is 6.92 Å². The number of rotatable bonds is 3. The second-order valence-corrected chi connectivity index (χ2v) is 6.61. The summed E-state index contributed by atoms with van der Waals surface area (Å²) in [5.74, 6) is 2.04. The SMILES string of the molecule is Cc1cc(-c2nc(N)c3cc(N)ccc3n2)ccc1Oc1cc2nncn2cn1. The first kappa shape index (κ1) is 16.9. The minimum atomic E-state index is 0.390. The molecule has 0 atom stereocenters. The van der Waals surface area contributed by atoms with E-state index >= 15 is 0 Å². The van der Waals surface area contributed by atoms with Crippen molar-refractivity contribution in [3.63, 3.8) is 0 Å². The minimum absolute atomic E-state index is 0.390. The Bertz CT molecular complexity index is 1380. The van der Waals surface area contributed by atoms with Gasteiger partial charge in [0.1, 0.15) is 24.2 Å². The lowest BCUT2D eigenvalue weighted by atomic mass is 10.1. The van der Waals surface area contributed by atoms with Gasteiger partial charge in [-0.25, -0.2) is 15.0 Å². The monoisotopic (exact) mass is 384 g/mol. The van der Waals surface area contributed by atoms with E-state index in [9.17, 15) is 0 Å². The molecule has 0 radical (unpaired) electrons. The van der Waals surface area contributed by atoms with Crippen LogP contribution in [0.25, 0.3) is 27.9 Å². The quantitative estimate of drug-likeness (QED) is 0.454. The Morgan fingerprint density at radius 1 is 0.966 bits per heavy atom. The summed E-state index contributed by atoms with van der Waals surface area (Å²) < 4.78 is 7.62. The van der Waals surface area contributed by atoms with Gasteiger partial charge in [-0.15, -0.1) is 10.2 Å². The van der Waals surface area contributed by atoms with E-state index in [1.807, 2.05) is 31.2 Å². The highest BCUT2D eigenvalue weighted by Crippen LogP contribution is 2.30. The Kier molecular flexibility index (Phi) is 3.73. The Morgan fingerprint density at radius 3 is 2.72 bits per heavy atom. The van der Waals surface area contributed by atoms with Crippen molar-refractivity contribution in [3.8, 4) is 23.0 Å². The summed E-state index contributed by atoms with van der Waals surface area (Å²) in [6, 6.07) is 12.8. The highest BCUT2D eigenvalue weighted by atomic mass is 16.5. The summed E-state index contributed by atoms with van der Waals surface area (Å²) in [5.41, 5.74) is 15.7. The van der Waals surface area contributed by atoms with Gasteiger partial charge < -0.3 is 16.2 Å². The van der Waals surface area contributed by atoms with Gasteiger partial charge >= 0.3 is 0 Å².